The zero-order valence-electron chi connectivity index (χ0n) is 11.3. The highest BCUT2D eigenvalue weighted by Gasteiger charge is 2.20. The average molecular weight is 264 g/mol. The minimum atomic E-state index is -0.541. The van der Waals surface area contributed by atoms with Gasteiger partial charge in [-0.1, -0.05) is 30.3 Å². The standard InChI is InChI=1S/C14H20N2O3/c1-3-15-12(17)9-10-16-13(14(18)19-2)11-7-5-4-6-8-11/h4-8,13,16H,3,9-10H2,1-2H3,(H,15,17). The van der Waals surface area contributed by atoms with Crippen molar-refractivity contribution in [1.82, 2.24) is 10.6 Å². The number of methoxy groups -OCH3 is 1. The van der Waals surface area contributed by atoms with Gasteiger partial charge < -0.3 is 15.4 Å². The second-order valence-electron chi connectivity index (χ2n) is 4.02. The van der Waals surface area contributed by atoms with E-state index in [1.54, 1.807) is 0 Å². The molecule has 104 valence electrons. The van der Waals surface area contributed by atoms with Crippen molar-refractivity contribution in [3.63, 3.8) is 0 Å². The molecule has 0 aliphatic carbocycles. The first-order chi connectivity index (χ1) is 9.19. The fourth-order valence-corrected chi connectivity index (χ4v) is 1.72. The quantitative estimate of drug-likeness (QED) is 0.721. The number of hydrogen-bond donors (Lipinski definition) is 2. The number of carbonyl (C=O) groups is 2. The van der Waals surface area contributed by atoms with Crippen LogP contribution in [0.2, 0.25) is 0 Å². The van der Waals surface area contributed by atoms with Gasteiger partial charge in [0.1, 0.15) is 6.04 Å². The molecule has 1 aromatic carbocycles. The van der Waals surface area contributed by atoms with Gasteiger partial charge in [-0.05, 0) is 12.5 Å². The number of nitrogens with one attached hydrogen (secondary N) is 2. The van der Waals surface area contributed by atoms with Crippen molar-refractivity contribution in [2.45, 2.75) is 19.4 Å². The minimum Gasteiger partial charge on any atom is -0.468 e. The van der Waals surface area contributed by atoms with E-state index < -0.39 is 6.04 Å². The Balaban J connectivity index is 2.57. The predicted molar refractivity (Wildman–Crippen MR) is 72.5 cm³/mol. The fraction of sp³-hybridized carbons (Fsp3) is 0.429. The first kappa shape index (κ1) is 15.2. The summed E-state index contributed by atoms with van der Waals surface area (Å²) in [5.74, 6) is -0.395. The minimum absolute atomic E-state index is 0.0355. The van der Waals surface area contributed by atoms with Crippen LogP contribution in [0, 0.1) is 0 Å². The van der Waals surface area contributed by atoms with E-state index in [0.717, 1.165) is 5.56 Å². The van der Waals surface area contributed by atoms with Crippen molar-refractivity contribution < 1.29 is 14.3 Å². The average Bonchev–Trinajstić information content (AvgIpc) is 2.44. The lowest BCUT2D eigenvalue weighted by Gasteiger charge is -2.16. The van der Waals surface area contributed by atoms with Crippen LogP contribution >= 0.6 is 0 Å². The van der Waals surface area contributed by atoms with Crippen molar-refractivity contribution >= 4 is 11.9 Å². The van der Waals surface area contributed by atoms with Gasteiger partial charge in [0.15, 0.2) is 0 Å². The number of hydrogen-bond acceptors (Lipinski definition) is 4. The smallest absolute Gasteiger partial charge is 0.327 e. The molecule has 0 aromatic heterocycles. The summed E-state index contributed by atoms with van der Waals surface area (Å²) in [7, 11) is 1.35. The summed E-state index contributed by atoms with van der Waals surface area (Å²) < 4.78 is 4.77. The molecule has 5 heteroatoms. The number of esters is 1. The first-order valence-corrected chi connectivity index (χ1v) is 6.32. The SMILES string of the molecule is CCNC(=O)CCNC(C(=O)OC)c1ccccc1. The van der Waals surface area contributed by atoms with Crippen LogP contribution in [0.4, 0.5) is 0 Å². The Kier molecular flexibility index (Phi) is 6.60. The number of ether oxygens (including phenoxy) is 1. The lowest BCUT2D eigenvalue weighted by atomic mass is 10.1. The lowest BCUT2D eigenvalue weighted by Crippen LogP contribution is -2.33. The molecule has 0 saturated heterocycles. The van der Waals surface area contributed by atoms with Crippen LogP contribution in [0.5, 0.6) is 0 Å². The van der Waals surface area contributed by atoms with Gasteiger partial charge in [0.2, 0.25) is 5.91 Å². The molecule has 5 nitrogen and oxygen atoms in total. The molecule has 19 heavy (non-hydrogen) atoms. The molecule has 1 amide bonds. The molecular formula is C14H20N2O3. The van der Waals surface area contributed by atoms with Crippen molar-refractivity contribution in [3.8, 4) is 0 Å². The van der Waals surface area contributed by atoms with Crippen LogP contribution in [0.25, 0.3) is 0 Å². The van der Waals surface area contributed by atoms with Crippen LogP contribution < -0.4 is 10.6 Å². The summed E-state index contributed by atoms with van der Waals surface area (Å²) >= 11 is 0. The van der Waals surface area contributed by atoms with E-state index in [-0.39, 0.29) is 11.9 Å². The van der Waals surface area contributed by atoms with Crippen LogP contribution in [-0.2, 0) is 14.3 Å². The van der Waals surface area contributed by atoms with Crippen LogP contribution in [0.15, 0.2) is 30.3 Å². The van der Waals surface area contributed by atoms with Gasteiger partial charge >= 0.3 is 5.97 Å². The van der Waals surface area contributed by atoms with Gasteiger partial charge in [-0.15, -0.1) is 0 Å². The Hall–Kier alpha value is -1.88. The van der Waals surface area contributed by atoms with E-state index in [4.69, 9.17) is 4.74 Å². The molecule has 0 heterocycles. The van der Waals surface area contributed by atoms with Gasteiger partial charge in [0.05, 0.1) is 7.11 Å². The summed E-state index contributed by atoms with van der Waals surface area (Å²) in [4.78, 5) is 23.1. The predicted octanol–water partition coefficient (Wildman–Crippen LogP) is 1.02. The Bertz CT molecular complexity index is 406. The third kappa shape index (κ3) is 5.09. The summed E-state index contributed by atoms with van der Waals surface area (Å²) in [6.07, 6.45) is 0.328. The number of rotatable bonds is 7. The lowest BCUT2D eigenvalue weighted by molar-refractivity contribution is -0.143. The normalized spacial score (nSPS) is 11.7. The van der Waals surface area contributed by atoms with Gasteiger partial charge in [-0.25, -0.2) is 4.79 Å². The summed E-state index contributed by atoms with van der Waals surface area (Å²) in [6, 6.07) is 8.75. The third-order valence-corrected chi connectivity index (χ3v) is 2.64. The van der Waals surface area contributed by atoms with E-state index in [2.05, 4.69) is 10.6 Å². The zero-order valence-corrected chi connectivity index (χ0v) is 11.3. The van der Waals surface area contributed by atoms with E-state index in [9.17, 15) is 9.59 Å². The molecule has 0 saturated carbocycles. The highest BCUT2D eigenvalue weighted by Crippen LogP contribution is 2.13. The molecule has 0 aliphatic heterocycles. The van der Waals surface area contributed by atoms with E-state index in [1.807, 2.05) is 37.3 Å². The highest BCUT2D eigenvalue weighted by molar-refractivity contribution is 5.78. The number of benzene rings is 1. The summed E-state index contributed by atoms with van der Waals surface area (Å²) in [5.41, 5.74) is 0.824. The van der Waals surface area contributed by atoms with Crippen LogP contribution in [-0.4, -0.2) is 32.1 Å². The molecular weight excluding hydrogens is 244 g/mol. The number of carbonyl (C=O) groups excluding carboxylic acids is 2. The molecule has 0 fully saturated rings. The van der Waals surface area contributed by atoms with Crippen molar-refractivity contribution in [2.24, 2.45) is 0 Å². The molecule has 2 N–H and O–H groups in total. The maximum Gasteiger partial charge on any atom is 0.327 e. The maximum atomic E-state index is 11.7. The Labute approximate surface area is 113 Å². The molecule has 0 radical (unpaired) electrons. The Morgan fingerprint density at radius 2 is 1.95 bits per heavy atom. The zero-order chi connectivity index (χ0) is 14.1. The highest BCUT2D eigenvalue weighted by atomic mass is 16.5. The molecule has 1 atom stereocenters. The number of amides is 1. The van der Waals surface area contributed by atoms with Gasteiger partial charge in [0.25, 0.3) is 0 Å². The summed E-state index contributed by atoms with van der Waals surface area (Å²) in [6.45, 7) is 2.89. The van der Waals surface area contributed by atoms with Gasteiger partial charge in [0, 0.05) is 19.5 Å². The van der Waals surface area contributed by atoms with Crippen molar-refractivity contribution in [3.05, 3.63) is 35.9 Å². The van der Waals surface area contributed by atoms with Crippen molar-refractivity contribution in [2.75, 3.05) is 20.2 Å². The van der Waals surface area contributed by atoms with E-state index in [0.29, 0.717) is 19.5 Å². The van der Waals surface area contributed by atoms with Crippen molar-refractivity contribution in [1.29, 1.82) is 0 Å². The largest absolute Gasteiger partial charge is 0.468 e. The Morgan fingerprint density at radius 3 is 2.53 bits per heavy atom. The molecule has 0 aliphatic rings. The second kappa shape index (κ2) is 8.26. The summed E-state index contributed by atoms with van der Waals surface area (Å²) in [5, 5.41) is 5.75. The van der Waals surface area contributed by atoms with Crippen LogP contribution in [0.1, 0.15) is 24.9 Å². The third-order valence-electron chi connectivity index (χ3n) is 2.64. The molecule has 0 spiro atoms. The Morgan fingerprint density at radius 1 is 1.26 bits per heavy atom. The topological polar surface area (TPSA) is 67.4 Å². The monoisotopic (exact) mass is 264 g/mol. The second-order valence-corrected chi connectivity index (χ2v) is 4.02. The molecule has 0 bridgehead atoms. The fourth-order valence-electron chi connectivity index (χ4n) is 1.72. The van der Waals surface area contributed by atoms with Crippen LogP contribution in [0.3, 0.4) is 0 Å². The maximum absolute atomic E-state index is 11.7. The van der Waals surface area contributed by atoms with Gasteiger partial charge in [-0.2, -0.15) is 0 Å². The van der Waals surface area contributed by atoms with Gasteiger partial charge in [-0.3, -0.25) is 4.79 Å². The van der Waals surface area contributed by atoms with E-state index in [1.165, 1.54) is 7.11 Å². The molecule has 1 unspecified atom stereocenters. The molecule has 1 aromatic rings. The molecule has 1 rings (SSSR count). The van der Waals surface area contributed by atoms with E-state index >= 15 is 0 Å². The first-order valence-electron chi connectivity index (χ1n) is 6.32.